The molecule has 1 unspecified atom stereocenters. The van der Waals surface area contributed by atoms with Crippen LogP contribution in [0.15, 0.2) is 29.6 Å². The van der Waals surface area contributed by atoms with Crippen molar-refractivity contribution in [1.82, 2.24) is 5.32 Å². The van der Waals surface area contributed by atoms with E-state index in [0.29, 0.717) is 12.8 Å². The first-order chi connectivity index (χ1) is 11.3. The van der Waals surface area contributed by atoms with E-state index < -0.39 is 30.5 Å². The van der Waals surface area contributed by atoms with Crippen LogP contribution in [0.5, 0.6) is 0 Å². The van der Waals surface area contributed by atoms with Gasteiger partial charge in [-0.2, -0.15) is 13.2 Å². The molecule has 0 aliphatic rings. The van der Waals surface area contributed by atoms with Crippen LogP contribution >= 0.6 is 11.3 Å². The molecule has 0 aliphatic heterocycles. The van der Waals surface area contributed by atoms with E-state index in [0.717, 1.165) is 15.6 Å². The standard InChI is InChI=1S/C16H16F3NO3S/c17-16(18,19)8-12(15(22)23)20-14(21)7-3-4-10-9-24-13-6-2-1-5-11(10)13/h1-2,5-6,9,12H,3-4,7-8H2,(H,20,21)(H,22,23). The van der Waals surface area contributed by atoms with Gasteiger partial charge in [0.1, 0.15) is 6.04 Å². The van der Waals surface area contributed by atoms with Crippen molar-refractivity contribution in [2.24, 2.45) is 0 Å². The molecule has 0 aliphatic carbocycles. The summed E-state index contributed by atoms with van der Waals surface area (Å²) in [6.07, 6.45) is -5.21. The van der Waals surface area contributed by atoms with Crippen LogP contribution in [0.3, 0.4) is 0 Å². The van der Waals surface area contributed by atoms with Gasteiger partial charge in [0.25, 0.3) is 0 Å². The van der Waals surface area contributed by atoms with Gasteiger partial charge in [0, 0.05) is 11.1 Å². The highest BCUT2D eigenvalue weighted by Crippen LogP contribution is 2.27. The van der Waals surface area contributed by atoms with Crippen LogP contribution < -0.4 is 5.32 Å². The van der Waals surface area contributed by atoms with Gasteiger partial charge in [-0.3, -0.25) is 4.79 Å². The number of fused-ring (bicyclic) bond motifs is 1. The Labute approximate surface area is 140 Å². The first-order valence-electron chi connectivity index (χ1n) is 7.30. The fourth-order valence-corrected chi connectivity index (χ4v) is 3.36. The van der Waals surface area contributed by atoms with E-state index in [-0.39, 0.29) is 6.42 Å². The zero-order chi connectivity index (χ0) is 17.7. The minimum atomic E-state index is -4.65. The van der Waals surface area contributed by atoms with E-state index in [4.69, 9.17) is 5.11 Å². The normalized spacial score (nSPS) is 13.0. The Hall–Kier alpha value is -2.09. The third kappa shape index (κ3) is 5.23. The Morgan fingerprint density at radius 1 is 1.25 bits per heavy atom. The minimum absolute atomic E-state index is 0.0220. The number of carboxylic acid groups (broad SMARTS) is 1. The minimum Gasteiger partial charge on any atom is -0.480 e. The number of carbonyl (C=O) groups is 2. The summed E-state index contributed by atoms with van der Waals surface area (Å²) in [6.45, 7) is 0. The number of hydrogen-bond donors (Lipinski definition) is 2. The molecule has 4 nitrogen and oxygen atoms in total. The van der Waals surface area contributed by atoms with Gasteiger partial charge >= 0.3 is 12.1 Å². The Morgan fingerprint density at radius 3 is 2.62 bits per heavy atom. The molecule has 8 heteroatoms. The average molecular weight is 359 g/mol. The lowest BCUT2D eigenvalue weighted by molar-refractivity contribution is -0.160. The molecule has 24 heavy (non-hydrogen) atoms. The number of thiophene rings is 1. The molecule has 0 spiro atoms. The molecule has 0 saturated heterocycles. The lowest BCUT2D eigenvalue weighted by Crippen LogP contribution is -2.43. The molecular formula is C16H16F3NO3S. The van der Waals surface area contributed by atoms with E-state index in [1.165, 1.54) is 0 Å². The second kappa shape index (κ2) is 7.65. The number of alkyl halides is 3. The van der Waals surface area contributed by atoms with Crippen LogP contribution in [0.4, 0.5) is 13.2 Å². The van der Waals surface area contributed by atoms with Gasteiger partial charge in [0.15, 0.2) is 0 Å². The van der Waals surface area contributed by atoms with Crippen LogP contribution in [0, 0.1) is 0 Å². The Morgan fingerprint density at radius 2 is 1.96 bits per heavy atom. The first-order valence-corrected chi connectivity index (χ1v) is 8.18. The summed E-state index contributed by atoms with van der Waals surface area (Å²) in [5.41, 5.74) is 1.08. The van der Waals surface area contributed by atoms with Gasteiger partial charge < -0.3 is 10.4 Å². The number of carboxylic acids is 1. The predicted octanol–water partition coefficient (Wildman–Crippen LogP) is 3.75. The number of aliphatic carboxylic acids is 1. The second-order valence-electron chi connectivity index (χ2n) is 5.39. The quantitative estimate of drug-likeness (QED) is 0.791. The monoisotopic (exact) mass is 359 g/mol. The van der Waals surface area contributed by atoms with Crippen molar-refractivity contribution in [3.63, 3.8) is 0 Å². The van der Waals surface area contributed by atoms with Crippen LogP contribution in [-0.2, 0) is 16.0 Å². The number of aryl methyl sites for hydroxylation is 1. The Bertz CT molecular complexity index is 727. The van der Waals surface area contributed by atoms with Crippen molar-refractivity contribution in [2.75, 3.05) is 0 Å². The molecule has 1 amide bonds. The summed E-state index contributed by atoms with van der Waals surface area (Å²) in [5.74, 6) is -2.38. The first kappa shape index (κ1) is 18.3. The number of nitrogens with one attached hydrogen (secondary N) is 1. The molecule has 2 rings (SSSR count). The van der Waals surface area contributed by atoms with Crippen molar-refractivity contribution in [2.45, 2.75) is 37.9 Å². The molecule has 1 aromatic carbocycles. The highest BCUT2D eigenvalue weighted by molar-refractivity contribution is 7.17. The largest absolute Gasteiger partial charge is 0.480 e. The number of halogens is 3. The van der Waals surface area contributed by atoms with E-state index >= 15 is 0 Å². The highest BCUT2D eigenvalue weighted by atomic mass is 32.1. The summed E-state index contributed by atoms with van der Waals surface area (Å²) in [5, 5.41) is 13.8. The number of amides is 1. The second-order valence-corrected chi connectivity index (χ2v) is 6.30. The summed E-state index contributed by atoms with van der Waals surface area (Å²) in [6, 6.07) is 5.87. The molecule has 1 atom stereocenters. The van der Waals surface area contributed by atoms with Crippen LogP contribution in [0.1, 0.15) is 24.8 Å². The number of hydrogen-bond acceptors (Lipinski definition) is 3. The summed E-state index contributed by atoms with van der Waals surface area (Å²) < 4.78 is 38.0. The van der Waals surface area contributed by atoms with Gasteiger partial charge in [-0.15, -0.1) is 11.3 Å². The van der Waals surface area contributed by atoms with Crippen LogP contribution in [0.2, 0.25) is 0 Å². The van der Waals surface area contributed by atoms with Gasteiger partial charge in [0.2, 0.25) is 5.91 Å². The van der Waals surface area contributed by atoms with Gasteiger partial charge in [-0.1, -0.05) is 18.2 Å². The van der Waals surface area contributed by atoms with Crippen molar-refractivity contribution in [3.8, 4) is 0 Å². The fraction of sp³-hybridized carbons (Fsp3) is 0.375. The number of benzene rings is 1. The third-order valence-electron chi connectivity index (χ3n) is 3.48. The average Bonchev–Trinajstić information content (AvgIpc) is 2.88. The van der Waals surface area contributed by atoms with Gasteiger partial charge in [-0.05, 0) is 35.2 Å². The maximum absolute atomic E-state index is 12.3. The van der Waals surface area contributed by atoms with Crippen molar-refractivity contribution in [1.29, 1.82) is 0 Å². The summed E-state index contributed by atoms with van der Waals surface area (Å²) in [7, 11) is 0. The van der Waals surface area contributed by atoms with Gasteiger partial charge in [-0.25, -0.2) is 4.79 Å². The maximum Gasteiger partial charge on any atom is 0.391 e. The summed E-state index contributed by atoms with van der Waals surface area (Å²) >= 11 is 1.59. The fourth-order valence-electron chi connectivity index (χ4n) is 2.36. The molecule has 1 heterocycles. The van der Waals surface area contributed by atoms with Crippen LogP contribution in [0.25, 0.3) is 10.1 Å². The highest BCUT2D eigenvalue weighted by Gasteiger charge is 2.36. The molecule has 0 bridgehead atoms. The lowest BCUT2D eigenvalue weighted by atomic mass is 10.1. The van der Waals surface area contributed by atoms with E-state index in [1.54, 1.807) is 11.3 Å². The molecule has 0 radical (unpaired) electrons. The predicted molar refractivity (Wildman–Crippen MR) is 85.0 cm³/mol. The molecule has 130 valence electrons. The molecule has 1 aromatic heterocycles. The SMILES string of the molecule is O=C(CCCc1csc2ccccc12)NC(CC(F)(F)F)C(=O)O. The molecule has 2 N–H and O–H groups in total. The van der Waals surface area contributed by atoms with Crippen LogP contribution in [-0.4, -0.2) is 29.2 Å². The molecule has 0 fully saturated rings. The maximum atomic E-state index is 12.3. The summed E-state index contributed by atoms with van der Waals surface area (Å²) in [4.78, 5) is 22.5. The smallest absolute Gasteiger partial charge is 0.391 e. The van der Waals surface area contributed by atoms with E-state index in [1.807, 2.05) is 35.0 Å². The Balaban J connectivity index is 1.85. The number of carbonyl (C=O) groups excluding carboxylic acids is 1. The van der Waals surface area contributed by atoms with Crippen molar-refractivity contribution >= 4 is 33.3 Å². The molecule has 2 aromatic rings. The van der Waals surface area contributed by atoms with E-state index in [2.05, 4.69) is 0 Å². The van der Waals surface area contributed by atoms with E-state index in [9.17, 15) is 22.8 Å². The zero-order valence-electron chi connectivity index (χ0n) is 12.6. The third-order valence-corrected chi connectivity index (χ3v) is 4.49. The molecule has 0 saturated carbocycles. The zero-order valence-corrected chi connectivity index (χ0v) is 13.4. The van der Waals surface area contributed by atoms with Crippen molar-refractivity contribution < 1.29 is 27.9 Å². The Kier molecular flexibility index (Phi) is 5.82. The lowest BCUT2D eigenvalue weighted by Gasteiger charge is -2.16. The van der Waals surface area contributed by atoms with Gasteiger partial charge in [0.05, 0.1) is 6.42 Å². The topological polar surface area (TPSA) is 66.4 Å². The number of rotatable bonds is 7. The molecular weight excluding hydrogens is 343 g/mol. The van der Waals surface area contributed by atoms with Crippen molar-refractivity contribution in [3.05, 3.63) is 35.2 Å².